The summed E-state index contributed by atoms with van der Waals surface area (Å²) in [7, 11) is 0. The summed E-state index contributed by atoms with van der Waals surface area (Å²) in [5, 5.41) is 8.18. The molecule has 2 rings (SSSR count). The molecule has 0 radical (unpaired) electrons. The second-order valence-electron chi connectivity index (χ2n) is 3.97. The van der Waals surface area contributed by atoms with E-state index >= 15 is 0 Å². The first kappa shape index (κ1) is 14.4. The molecule has 5 heteroatoms. The van der Waals surface area contributed by atoms with Gasteiger partial charge in [0, 0.05) is 25.7 Å². The third kappa shape index (κ3) is 4.00. The maximum absolute atomic E-state index is 7.43. The Kier molecular flexibility index (Phi) is 4.91. The largest absolute Gasteiger partial charge is 0.384 e. The Hall–Kier alpha value is -0.970. The second kappa shape index (κ2) is 6.46. The van der Waals surface area contributed by atoms with Crippen LogP contribution in [0.1, 0.15) is 11.1 Å². The number of rotatable bonds is 4. The minimum absolute atomic E-state index is 0.0705. The van der Waals surface area contributed by atoms with E-state index in [9.17, 15) is 0 Å². The lowest BCUT2D eigenvalue weighted by Gasteiger charge is -2.06. The minimum Gasteiger partial charge on any atom is -0.384 e. The van der Waals surface area contributed by atoms with Gasteiger partial charge in [-0.3, -0.25) is 5.41 Å². The molecule has 0 saturated heterocycles. The van der Waals surface area contributed by atoms with Crippen LogP contribution in [0, 0.1) is 5.41 Å². The Morgan fingerprint density at radius 3 is 2.47 bits per heavy atom. The number of hydrogen-bond donors (Lipinski definition) is 2. The number of nitrogen functional groups attached to an aromatic ring is 1. The molecule has 0 atom stereocenters. The van der Waals surface area contributed by atoms with Crippen molar-refractivity contribution in [1.82, 2.24) is 0 Å². The van der Waals surface area contributed by atoms with E-state index in [-0.39, 0.29) is 5.84 Å². The van der Waals surface area contributed by atoms with Gasteiger partial charge in [0.2, 0.25) is 0 Å². The molecule has 0 aliphatic carbocycles. The van der Waals surface area contributed by atoms with Gasteiger partial charge in [-0.2, -0.15) is 0 Å². The number of thioether (sulfide) groups is 1. The summed E-state index contributed by atoms with van der Waals surface area (Å²) in [6.45, 7) is 0. The molecular formula is C14H12BrClN2S. The molecule has 0 aliphatic heterocycles. The molecule has 2 aromatic rings. The molecule has 0 unspecified atom stereocenters. The molecule has 0 saturated carbocycles. The second-order valence-corrected chi connectivity index (χ2v) is 6.31. The fraction of sp³-hybridized carbons (Fsp3) is 0.0714. The van der Waals surface area contributed by atoms with Gasteiger partial charge in [-0.25, -0.2) is 0 Å². The van der Waals surface area contributed by atoms with Crippen molar-refractivity contribution >= 4 is 45.1 Å². The zero-order chi connectivity index (χ0) is 13.8. The molecule has 2 nitrogen and oxygen atoms in total. The fourth-order valence-electron chi connectivity index (χ4n) is 1.55. The van der Waals surface area contributed by atoms with Gasteiger partial charge >= 0.3 is 0 Å². The highest BCUT2D eigenvalue weighted by molar-refractivity contribution is 9.10. The lowest BCUT2D eigenvalue weighted by atomic mass is 10.2. The molecule has 0 spiro atoms. The molecule has 98 valence electrons. The first-order chi connectivity index (χ1) is 9.06. The zero-order valence-electron chi connectivity index (χ0n) is 9.99. The highest BCUT2D eigenvalue weighted by Crippen LogP contribution is 2.28. The van der Waals surface area contributed by atoms with Crippen LogP contribution < -0.4 is 5.73 Å². The summed E-state index contributed by atoms with van der Waals surface area (Å²) in [6.07, 6.45) is 0. The lowest BCUT2D eigenvalue weighted by molar-refractivity contribution is 1.34. The van der Waals surface area contributed by atoms with Gasteiger partial charge in [-0.1, -0.05) is 23.7 Å². The number of amidine groups is 1. The molecule has 0 fully saturated rings. The first-order valence-electron chi connectivity index (χ1n) is 5.57. The first-order valence-corrected chi connectivity index (χ1v) is 7.73. The Balaban J connectivity index is 2.06. The summed E-state index contributed by atoms with van der Waals surface area (Å²) in [5.41, 5.74) is 7.42. The van der Waals surface area contributed by atoms with Crippen LogP contribution in [0.15, 0.2) is 51.8 Å². The number of nitrogens with one attached hydrogen (secondary N) is 1. The van der Waals surface area contributed by atoms with Gasteiger partial charge in [0.15, 0.2) is 0 Å². The monoisotopic (exact) mass is 354 g/mol. The van der Waals surface area contributed by atoms with Gasteiger partial charge < -0.3 is 5.73 Å². The van der Waals surface area contributed by atoms with Gasteiger partial charge in [0.05, 0.1) is 0 Å². The maximum atomic E-state index is 7.43. The summed E-state index contributed by atoms with van der Waals surface area (Å²) in [5.74, 6) is 0.948. The highest BCUT2D eigenvalue weighted by Gasteiger charge is 2.04. The summed E-state index contributed by atoms with van der Waals surface area (Å²) in [4.78, 5) is 1.13. The van der Waals surface area contributed by atoms with Crippen LogP contribution in [0.4, 0.5) is 0 Å². The Morgan fingerprint density at radius 1 is 1.21 bits per heavy atom. The van der Waals surface area contributed by atoms with E-state index < -0.39 is 0 Å². The van der Waals surface area contributed by atoms with Crippen molar-refractivity contribution in [2.45, 2.75) is 10.6 Å². The molecule has 3 N–H and O–H groups in total. The number of halogens is 2. The maximum Gasteiger partial charge on any atom is 0.123 e. The number of nitrogens with two attached hydrogens (primary N) is 1. The lowest BCUT2D eigenvalue weighted by Crippen LogP contribution is -2.11. The third-order valence-corrected chi connectivity index (χ3v) is 4.52. The van der Waals surface area contributed by atoms with E-state index in [0.29, 0.717) is 0 Å². The van der Waals surface area contributed by atoms with Gasteiger partial charge in [0.1, 0.15) is 5.84 Å². The van der Waals surface area contributed by atoms with Crippen LogP contribution in [-0.4, -0.2) is 5.84 Å². The summed E-state index contributed by atoms with van der Waals surface area (Å²) < 4.78 is 0.848. The summed E-state index contributed by atoms with van der Waals surface area (Å²) in [6, 6.07) is 13.6. The number of benzene rings is 2. The van der Waals surface area contributed by atoms with E-state index in [1.165, 1.54) is 5.56 Å². The van der Waals surface area contributed by atoms with Gasteiger partial charge in [0.25, 0.3) is 0 Å². The molecule has 2 aromatic carbocycles. The van der Waals surface area contributed by atoms with E-state index in [1.54, 1.807) is 11.8 Å². The van der Waals surface area contributed by atoms with Gasteiger partial charge in [-0.15, -0.1) is 11.8 Å². The predicted molar refractivity (Wildman–Crippen MR) is 86.2 cm³/mol. The smallest absolute Gasteiger partial charge is 0.123 e. The Bertz CT molecular complexity index is 599. The minimum atomic E-state index is 0.0705. The quantitative estimate of drug-likeness (QED) is 0.475. The molecule has 0 amide bonds. The standard InChI is InChI=1S/C14H12BrClN2S/c15-13-7-11(5-6-12(13)14(17)18)19-8-9-1-3-10(16)4-2-9/h1-7H,8H2,(H3,17,18). The average Bonchev–Trinajstić information content (AvgIpc) is 2.37. The zero-order valence-corrected chi connectivity index (χ0v) is 13.1. The molecule has 0 aliphatic rings. The summed E-state index contributed by atoms with van der Waals surface area (Å²) >= 11 is 11.0. The molecular weight excluding hydrogens is 344 g/mol. The van der Waals surface area contributed by atoms with E-state index in [4.69, 9.17) is 22.7 Å². The van der Waals surface area contributed by atoms with Crippen LogP contribution >= 0.6 is 39.3 Å². The highest BCUT2D eigenvalue weighted by atomic mass is 79.9. The van der Waals surface area contributed by atoms with Crippen molar-refractivity contribution < 1.29 is 0 Å². The van der Waals surface area contributed by atoms with Crippen molar-refractivity contribution in [3.05, 3.63) is 63.1 Å². The van der Waals surface area contributed by atoms with Crippen LogP contribution in [0.3, 0.4) is 0 Å². The van der Waals surface area contributed by atoms with Crippen LogP contribution in [0.5, 0.6) is 0 Å². The molecule has 0 aromatic heterocycles. The molecule has 0 bridgehead atoms. The van der Waals surface area contributed by atoms with Crippen molar-refractivity contribution in [3.8, 4) is 0 Å². The van der Waals surface area contributed by atoms with Crippen LogP contribution in [0.25, 0.3) is 0 Å². The Morgan fingerprint density at radius 2 is 1.89 bits per heavy atom. The topological polar surface area (TPSA) is 49.9 Å². The Labute approximate surface area is 130 Å². The molecule has 19 heavy (non-hydrogen) atoms. The van der Waals surface area contributed by atoms with E-state index in [1.807, 2.05) is 42.5 Å². The SMILES string of the molecule is N=C(N)c1ccc(SCc2ccc(Cl)cc2)cc1Br. The van der Waals surface area contributed by atoms with Crippen LogP contribution in [-0.2, 0) is 5.75 Å². The number of hydrogen-bond acceptors (Lipinski definition) is 2. The van der Waals surface area contributed by atoms with Crippen molar-refractivity contribution in [1.29, 1.82) is 5.41 Å². The normalized spacial score (nSPS) is 10.4. The van der Waals surface area contributed by atoms with Gasteiger partial charge in [-0.05, 0) is 51.8 Å². The predicted octanol–water partition coefficient (Wildman–Crippen LogP) is 4.68. The van der Waals surface area contributed by atoms with E-state index in [0.717, 1.165) is 25.7 Å². The van der Waals surface area contributed by atoms with Crippen molar-refractivity contribution in [2.24, 2.45) is 5.73 Å². The van der Waals surface area contributed by atoms with Crippen molar-refractivity contribution in [3.63, 3.8) is 0 Å². The third-order valence-electron chi connectivity index (χ3n) is 2.55. The average molecular weight is 356 g/mol. The van der Waals surface area contributed by atoms with Crippen molar-refractivity contribution in [2.75, 3.05) is 0 Å². The fourth-order valence-corrected chi connectivity index (χ4v) is 3.31. The molecule has 0 heterocycles. The van der Waals surface area contributed by atoms with Crippen LogP contribution in [0.2, 0.25) is 5.02 Å². The van der Waals surface area contributed by atoms with E-state index in [2.05, 4.69) is 15.9 Å².